The normalized spacial score (nSPS) is 14.5. The molecule has 6 nitrogen and oxygen atoms in total. The lowest BCUT2D eigenvalue weighted by Gasteiger charge is -2.32. The van der Waals surface area contributed by atoms with Gasteiger partial charge in [-0.05, 0) is 32.0 Å². The first-order valence-electron chi connectivity index (χ1n) is 7.98. The van der Waals surface area contributed by atoms with Crippen molar-refractivity contribution in [3.63, 3.8) is 0 Å². The van der Waals surface area contributed by atoms with Crippen LogP contribution in [-0.2, 0) is 4.79 Å². The van der Waals surface area contributed by atoms with Crippen LogP contribution in [-0.4, -0.2) is 72.2 Å². The second-order valence-electron chi connectivity index (χ2n) is 5.49. The summed E-state index contributed by atoms with van der Waals surface area (Å²) < 4.78 is 0. The molecule has 1 saturated heterocycles. The van der Waals surface area contributed by atoms with Crippen LogP contribution in [0.1, 0.15) is 34.6 Å². The van der Waals surface area contributed by atoms with E-state index in [1.165, 1.54) is 0 Å². The van der Waals surface area contributed by atoms with Crippen LogP contribution in [0.25, 0.3) is 0 Å². The molecule has 1 aliphatic rings. The number of hydrogen-bond donors (Lipinski definition) is 0. The van der Waals surface area contributed by atoms with Crippen molar-refractivity contribution in [2.75, 3.05) is 39.3 Å². The Hall–Kier alpha value is -2.37. The molecule has 1 heterocycles. The van der Waals surface area contributed by atoms with Crippen LogP contribution in [0.4, 0.5) is 0 Å². The summed E-state index contributed by atoms with van der Waals surface area (Å²) in [7, 11) is 0. The number of carbonyl (C=O) groups is 3. The molecular weight excluding hydrogens is 294 g/mol. The molecule has 1 aromatic rings. The molecule has 0 N–H and O–H groups in total. The summed E-state index contributed by atoms with van der Waals surface area (Å²) in [5.41, 5.74) is 1.05. The molecule has 3 amide bonds. The van der Waals surface area contributed by atoms with Gasteiger partial charge in [0.25, 0.3) is 11.8 Å². The molecule has 23 heavy (non-hydrogen) atoms. The highest BCUT2D eigenvalue weighted by Crippen LogP contribution is 2.12. The van der Waals surface area contributed by atoms with E-state index in [1.807, 2.05) is 13.8 Å². The Balaban J connectivity index is 2.11. The average molecular weight is 317 g/mol. The molecule has 0 spiro atoms. The fraction of sp³-hybridized carbons (Fsp3) is 0.471. The third-order valence-corrected chi connectivity index (χ3v) is 4.16. The maximum atomic E-state index is 12.6. The van der Waals surface area contributed by atoms with E-state index >= 15 is 0 Å². The lowest BCUT2D eigenvalue weighted by atomic mass is 10.1. The number of piperazine rings is 1. The SMILES string of the molecule is CCN(CC)C(=O)c1cccc(C(=O)N2CCN(C=O)CC2)c1. The van der Waals surface area contributed by atoms with Crippen molar-refractivity contribution in [2.24, 2.45) is 0 Å². The number of hydrogen-bond acceptors (Lipinski definition) is 3. The summed E-state index contributed by atoms with van der Waals surface area (Å²) in [6.45, 7) is 7.28. The van der Waals surface area contributed by atoms with Gasteiger partial charge >= 0.3 is 0 Å². The maximum absolute atomic E-state index is 12.6. The Morgan fingerprint density at radius 2 is 1.70 bits per heavy atom. The minimum Gasteiger partial charge on any atom is -0.342 e. The Labute approximate surface area is 136 Å². The third kappa shape index (κ3) is 3.88. The van der Waals surface area contributed by atoms with Gasteiger partial charge in [-0.25, -0.2) is 0 Å². The Morgan fingerprint density at radius 3 is 2.26 bits per heavy atom. The van der Waals surface area contributed by atoms with E-state index in [9.17, 15) is 14.4 Å². The van der Waals surface area contributed by atoms with Crippen LogP contribution >= 0.6 is 0 Å². The molecule has 0 bridgehead atoms. The van der Waals surface area contributed by atoms with E-state index in [2.05, 4.69) is 0 Å². The fourth-order valence-electron chi connectivity index (χ4n) is 2.69. The molecule has 1 fully saturated rings. The van der Waals surface area contributed by atoms with Gasteiger partial charge in [0, 0.05) is 50.4 Å². The largest absolute Gasteiger partial charge is 0.342 e. The van der Waals surface area contributed by atoms with E-state index in [1.54, 1.807) is 39.0 Å². The molecule has 0 radical (unpaired) electrons. The number of benzene rings is 1. The monoisotopic (exact) mass is 317 g/mol. The number of nitrogens with zero attached hydrogens (tertiary/aromatic N) is 3. The molecule has 124 valence electrons. The predicted octanol–water partition coefficient (Wildman–Crippen LogP) is 1.08. The van der Waals surface area contributed by atoms with Gasteiger partial charge in [0.2, 0.25) is 6.41 Å². The van der Waals surface area contributed by atoms with Crippen molar-refractivity contribution in [3.8, 4) is 0 Å². The molecule has 1 aliphatic heterocycles. The van der Waals surface area contributed by atoms with Crippen LogP contribution in [0.3, 0.4) is 0 Å². The molecule has 2 rings (SSSR count). The molecule has 1 aromatic carbocycles. The minimum absolute atomic E-state index is 0.0598. The highest BCUT2D eigenvalue weighted by atomic mass is 16.2. The van der Waals surface area contributed by atoms with Crippen LogP contribution in [0.5, 0.6) is 0 Å². The summed E-state index contributed by atoms with van der Waals surface area (Å²) in [4.78, 5) is 40.8. The van der Waals surface area contributed by atoms with Crippen LogP contribution in [0.2, 0.25) is 0 Å². The van der Waals surface area contributed by atoms with Crippen molar-refractivity contribution in [2.45, 2.75) is 13.8 Å². The Morgan fingerprint density at radius 1 is 1.09 bits per heavy atom. The van der Waals surface area contributed by atoms with Crippen molar-refractivity contribution < 1.29 is 14.4 Å². The topological polar surface area (TPSA) is 60.9 Å². The van der Waals surface area contributed by atoms with E-state index in [0.29, 0.717) is 50.4 Å². The molecule has 0 unspecified atom stereocenters. The lowest BCUT2D eigenvalue weighted by molar-refractivity contribution is -0.119. The maximum Gasteiger partial charge on any atom is 0.253 e. The van der Waals surface area contributed by atoms with Crippen LogP contribution in [0, 0.1) is 0 Å². The standard InChI is InChI=1S/C17H23N3O3/c1-3-19(4-2)16(22)14-6-5-7-15(12-14)17(23)20-10-8-18(13-21)9-11-20/h5-7,12-13H,3-4,8-11H2,1-2H3. The quantitative estimate of drug-likeness (QED) is 0.764. The van der Waals surface area contributed by atoms with Crippen LogP contribution < -0.4 is 0 Å². The summed E-state index contributed by atoms with van der Waals surface area (Å²) in [6, 6.07) is 6.87. The highest BCUT2D eigenvalue weighted by Gasteiger charge is 2.22. The Kier molecular flexibility index (Phi) is 5.73. The van der Waals surface area contributed by atoms with Crippen molar-refractivity contribution >= 4 is 18.2 Å². The smallest absolute Gasteiger partial charge is 0.253 e. The van der Waals surface area contributed by atoms with Gasteiger partial charge in [-0.15, -0.1) is 0 Å². The summed E-state index contributed by atoms with van der Waals surface area (Å²) >= 11 is 0. The molecular formula is C17H23N3O3. The van der Waals surface area contributed by atoms with E-state index < -0.39 is 0 Å². The lowest BCUT2D eigenvalue weighted by Crippen LogP contribution is -2.48. The van der Waals surface area contributed by atoms with E-state index in [-0.39, 0.29) is 11.8 Å². The predicted molar refractivity (Wildman–Crippen MR) is 87.2 cm³/mol. The van der Waals surface area contributed by atoms with Crippen molar-refractivity contribution in [1.82, 2.24) is 14.7 Å². The van der Waals surface area contributed by atoms with Gasteiger partial charge in [-0.3, -0.25) is 14.4 Å². The fourth-order valence-corrected chi connectivity index (χ4v) is 2.69. The molecule has 0 atom stereocenters. The summed E-state index contributed by atoms with van der Waals surface area (Å²) in [5.74, 6) is -0.153. The average Bonchev–Trinajstić information content (AvgIpc) is 2.62. The molecule has 6 heteroatoms. The van der Waals surface area contributed by atoms with Gasteiger partial charge in [0.05, 0.1) is 0 Å². The molecule has 0 aromatic heterocycles. The molecule has 0 saturated carbocycles. The number of amides is 3. The first-order chi connectivity index (χ1) is 11.1. The molecule has 0 aliphatic carbocycles. The first-order valence-corrected chi connectivity index (χ1v) is 7.98. The van der Waals surface area contributed by atoms with E-state index in [0.717, 1.165) is 6.41 Å². The number of rotatable bonds is 5. The zero-order valence-electron chi connectivity index (χ0n) is 13.7. The second-order valence-corrected chi connectivity index (χ2v) is 5.49. The summed E-state index contributed by atoms with van der Waals surface area (Å²) in [5, 5.41) is 0. The van der Waals surface area contributed by atoms with E-state index in [4.69, 9.17) is 0 Å². The van der Waals surface area contributed by atoms with Gasteiger partial charge in [-0.1, -0.05) is 6.07 Å². The highest BCUT2D eigenvalue weighted by molar-refractivity contribution is 5.99. The number of carbonyl (C=O) groups excluding carboxylic acids is 3. The summed E-state index contributed by atoms with van der Waals surface area (Å²) in [6.07, 6.45) is 0.811. The zero-order valence-corrected chi connectivity index (χ0v) is 13.7. The van der Waals surface area contributed by atoms with Gasteiger partial charge in [-0.2, -0.15) is 0 Å². The van der Waals surface area contributed by atoms with Crippen LogP contribution in [0.15, 0.2) is 24.3 Å². The second kappa shape index (κ2) is 7.76. The first kappa shape index (κ1) is 17.0. The Bertz CT molecular complexity index is 576. The zero-order chi connectivity index (χ0) is 16.8. The van der Waals surface area contributed by atoms with Crippen molar-refractivity contribution in [3.05, 3.63) is 35.4 Å². The van der Waals surface area contributed by atoms with Gasteiger partial charge in [0.15, 0.2) is 0 Å². The third-order valence-electron chi connectivity index (χ3n) is 4.16. The minimum atomic E-state index is -0.0928. The van der Waals surface area contributed by atoms with Crippen molar-refractivity contribution in [1.29, 1.82) is 0 Å². The van der Waals surface area contributed by atoms with Gasteiger partial charge in [0.1, 0.15) is 0 Å². The van der Waals surface area contributed by atoms with Gasteiger partial charge < -0.3 is 14.7 Å².